The lowest BCUT2D eigenvalue weighted by Crippen LogP contribution is -2.33. The monoisotopic (exact) mass is 239 g/mol. The van der Waals surface area contributed by atoms with E-state index in [1.807, 2.05) is 0 Å². The van der Waals surface area contributed by atoms with E-state index in [2.05, 4.69) is 0 Å². The predicted molar refractivity (Wildman–Crippen MR) is 57.9 cm³/mol. The average molecular weight is 239 g/mol. The van der Waals surface area contributed by atoms with Gasteiger partial charge in [0.05, 0.1) is 6.42 Å². The lowest BCUT2D eigenvalue weighted by molar-refractivity contribution is -0.136. The molecule has 0 aliphatic heterocycles. The van der Waals surface area contributed by atoms with Gasteiger partial charge in [0.1, 0.15) is 6.10 Å². The molecular weight excluding hydrogens is 226 g/mol. The van der Waals surface area contributed by atoms with Crippen LogP contribution in [0.25, 0.3) is 0 Å². The molecule has 2 unspecified atom stereocenters. The van der Waals surface area contributed by atoms with Crippen molar-refractivity contribution in [2.75, 3.05) is 0 Å². The fraction of sp³-hybridized carbons (Fsp3) is 0.273. The van der Waals surface area contributed by atoms with E-state index in [4.69, 9.17) is 10.8 Å². The summed E-state index contributed by atoms with van der Waals surface area (Å²) in [7, 11) is 0. The van der Waals surface area contributed by atoms with Gasteiger partial charge in [0.2, 0.25) is 5.91 Å². The van der Waals surface area contributed by atoms with Crippen molar-refractivity contribution in [3.63, 3.8) is 0 Å². The number of amides is 1. The van der Waals surface area contributed by atoms with Crippen molar-refractivity contribution >= 4 is 11.9 Å². The Hall–Kier alpha value is -1.92. The third-order valence-corrected chi connectivity index (χ3v) is 2.27. The van der Waals surface area contributed by atoms with E-state index in [9.17, 15) is 19.8 Å². The van der Waals surface area contributed by atoms with E-state index < -0.39 is 24.1 Å². The maximum absolute atomic E-state index is 10.7. The SMILES string of the molecule is NC(=O)C(O)C(O)c1ccc(CC(=O)O)cc1. The van der Waals surface area contributed by atoms with Crippen molar-refractivity contribution in [1.82, 2.24) is 0 Å². The third kappa shape index (κ3) is 3.54. The van der Waals surface area contributed by atoms with Crippen LogP contribution in [0, 0.1) is 0 Å². The average Bonchev–Trinajstić information content (AvgIpc) is 2.27. The number of carbonyl (C=O) groups excluding carboxylic acids is 1. The first-order chi connectivity index (χ1) is 7.91. The summed E-state index contributed by atoms with van der Waals surface area (Å²) in [5.74, 6) is -1.98. The van der Waals surface area contributed by atoms with E-state index in [0.717, 1.165) is 0 Å². The topological polar surface area (TPSA) is 121 Å². The highest BCUT2D eigenvalue weighted by Gasteiger charge is 2.23. The quantitative estimate of drug-likeness (QED) is 0.535. The van der Waals surface area contributed by atoms with Crippen LogP contribution in [-0.4, -0.2) is 33.3 Å². The molecule has 0 aliphatic carbocycles. The molecule has 0 fully saturated rings. The van der Waals surface area contributed by atoms with E-state index in [0.29, 0.717) is 11.1 Å². The first-order valence-corrected chi connectivity index (χ1v) is 4.88. The summed E-state index contributed by atoms with van der Waals surface area (Å²) in [4.78, 5) is 21.1. The highest BCUT2D eigenvalue weighted by atomic mass is 16.4. The van der Waals surface area contributed by atoms with Gasteiger partial charge in [0.15, 0.2) is 6.10 Å². The van der Waals surface area contributed by atoms with Crippen LogP contribution in [0.1, 0.15) is 17.2 Å². The van der Waals surface area contributed by atoms with Gasteiger partial charge in [-0.3, -0.25) is 9.59 Å². The molecule has 92 valence electrons. The highest BCUT2D eigenvalue weighted by molar-refractivity contribution is 5.79. The van der Waals surface area contributed by atoms with E-state index in [1.54, 1.807) is 0 Å². The Bertz CT molecular complexity index is 414. The van der Waals surface area contributed by atoms with Crippen LogP contribution in [0.2, 0.25) is 0 Å². The molecule has 1 amide bonds. The molecule has 0 aliphatic rings. The first-order valence-electron chi connectivity index (χ1n) is 4.88. The number of primary amides is 1. The second-order valence-electron chi connectivity index (χ2n) is 3.60. The lowest BCUT2D eigenvalue weighted by Gasteiger charge is -2.15. The summed E-state index contributed by atoms with van der Waals surface area (Å²) >= 11 is 0. The predicted octanol–water partition coefficient (Wildman–Crippen LogP) is -0.807. The van der Waals surface area contributed by atoms with Crippen LogP contribution < -0.4 is 5.73 Å². The summed E-state index contributed by atoms with van der Waals surface area (Å²) < 4.78 is 0. The molecule has 0 heterocycles. The molecule has 0 bridgehead atoms. The van der Waals surface area contributed by atoms with Gasteiger partial charge >= 0.3 is 5.97 Å². The molecule has 0 aromatic heterocycles. The van der Waals surface area contributed by atoms with Gasteiger partial charge in [-0.25, -0.2) is 0 Å². The van der Waals surface area contributed by atoms with Gasteiger partial charge in [-0.05, 0) is 11.1 Å². The van der Waals surface area contributed by atoms with E-state index >= 15 is 0 Å². The van der Waals surface area contributed by atoms with Gasteiger partial charge in [-0.2, -0.15) is 0 Å². The minimum Gasteiger partial charge on any atom is -0.481 e. The normalized spacial score (nSPS) is 14.0. The molecule has 6 nitrogen and oxygen atoms in total. The summed E-state index contributed by atoms with van der Waals surface area (Å²) in [6, 6.07) is 5.88. The zero-order valence-corrected chi connectivity index (χ0v) is 8.91. The fourth-order valence-corrected chi connectivity index (χ4v) is 1.35. The van der Waals surface area contributed by atoms with Crippen LogP contribution >= 0.6 is 0 Å². The lowest BCUT2D eigenvalue weighted by atomic mass is 10.0. The molecule has 0 saturated heterocycles. The number of hydrogen-bond acceptors (Lipinski definition) is 4. The second kappa shape index (κ2) is 5.42. The number of carbonyl (C=O) groups is 2. The number of benzene rings is 1. The number of aliphatic hydroxyl groups is 2. The molecule has 0 saturated carbocycles. The molecular formula is C11H13NO5. The molecule has 0 spiro atoms. The first kappa shape index (κ1) is 13.1. The van der Waals surface area contributed by atoms with Crippen molar-refractivity contribution < 1.29 is 24.9 Å². The number of rotatable bonds is 5. The zero-order chi connectivity index (χ0) is 13.0. The Morgan fingerprint density at radius 1 is 1.18 bits per heavy atom. The Labute approximate surface area is 97.3 Å². The number of carboxylic acid groups (broad SMARTS) is 1. The molecule has 1 rings (SSSR count). The highest BCUT2D eigenvalue weighted by Crippen LogP contribution is 2.17. The Kier molecular flexibility index (Phi) is 4.19. The molecule has 2 atom stereocenters. The van der Waals surface area contributed by atoms with Crippen molar-refractivity contribution in [1.29, 1.82) is 0 Å². The van der Waals surface area contributed by atoms with Crippen LogP contribution in [-0.2, 0) is 16.0 Å². The van der Waals surface area contributed by atoms with Gasteiger partial charge in [-0.15, -0.1) is 0 Å². The standard InChI is InChI=1S/C11H13NO5/c12-11(17)10(16)9(15)7-3-1-6(2-4-7)5-8(13)14/h1-4,9-10,15-16H,5H2,(H2,12,17)(H,13,14). The van der Waals surface area contributed by atoms with Crippen molar-refractivity contribution in [3.05, 3.63) is 35.4 Å². The summed E-state index contributed by atoms with van der Waals surface area (Å²) in [6.45, 7) is 0. The summed E-state index contributed by atoms with van der Waals surface area (Å²) in [6.07, 6.45) is -3.22. The molecule has 17 heavy (non-hydrogen) atoms. The summed E-state index contributed by atoms with van der Waals surface area (Å²) in [5.41, 5.74) is 5.70. The maximum Gasteiger partial charge on any atom is 0.307 e. The Morgan fingerprint density at radius 2 is 1.71 bits per heavy atom. The Balaban J connectivity index is 2.80. The van der Waals surface area contributed by atoms with Gasteiger partial charge in [-0.1, -0.05) is 24.3 Å². The minimum absolute atomic E-state index is 0.130. The molecule has 1 aromatic carbocycles. The minimum atomic E-state index is -1.68. The van der Waals surface area contributed by atoms with Crippen LogP contribution in [0.15, 0.2) is 24.3 Å². The van der Waals surface area contributed by atoms with Gasteiger partial charge in [0.25, 0.3) is 0 Å². The van der Waals surface area contributed by atoms with Gasteiger partial charge < -0.3 is 21.1 Å². The van der Waals surface area contributed by atoms with E-state index in [-0.39, 0.29) is 6.42 Å². The van der Waals surface area contributed by atoms with Crippen molar-refractivity contribution in [3.8, 4) is 0 Å². The molecule has 1 aromatic rings. The number of carboxylic acids is 1. The van der Waals surface area contributed by atoms with Crippen LogP contribution in [0.4, 0.5) is 0 Å². The van der Waals surface area contributed by atoms with E-state index in [1.165, 1.54) is 24.3 Å². The second-order valence-corrected chi connectivity index (χ2v) is 3.60. The number of nitrogens with two attached hydrogens (primary N) is 1. The Morgan fingerprint density at radius 3 is 2.12 bits per heavy atom. The van der Waals surface area contributed by atoms with Crippen LogP contribution in [0.5, 0.6) is 0 Å². The molecule has 5 N–H and O–H groups in total. The van der Waals surface area contributed by atoms with Crippen LogP contribution in [0.3, 0.4) is 0 Å². The van der Waals surface area contributed by atoms with Crippen molar-refractivity contribution in [2.24, 2.45) is 5.73 Å². The number of aliphatic carboxylic acids is 1. The van der Waals surface area contributed by atoms with Gasteiger partial charge in [0, 0.05) is 0 Å². The smallest absolute Gasteiger partial charge is 0.307 e. The maximum atomic E-state index is 10.7. The third-order valence-electron chi connectivity index (χ3n) is 2.27. The summed E-state index contributed by atoms with van der Waals surface area (Å²) in [5, 5.41) is 27.4. The zero-order valence-electron chi connectivity index (χ0n) is 8.91. The molecule has 0 radical (unpaired) electrons. The molecule has 6 heteroatoms. The van der Waals surface area contributed by atoms with Crippen molar-refractivity contribution in [2.45, 2.75) is 18.6 Å². The number of hydrogen-bond donors (Lipinski definition) is 4. The largest absolute Gasteiger partial charge is 0.481 e. The number of aliphatic hydroxyl groups excluding tert-OH is 2. The fourth-order valence-electron chi connectivity index (χ4n) is 1.35.